The fourth-order valence-corrected chi connectivity index (χ4v) is 4.16. The van der Waals surface area contributed by atoms with E-state index in [9.17, 15) is 0 Å². The molecule has 1 aliphatic rings. The van der Waals surface area contributed by atoms with Crippen LogP contribution in [-0.4, -0.2) is 14.2 Å². The molecule has 0 fully saturated rings. The van der Waals surface area contributed by atoms with Crippen LogP contribution in [-0.2, 0) is 6.42 Å². The molecule has 30 heavy (non-hydrogen) atoms. The zero-order chi connectivity index (χ0) is 20.5. The monoisotopic (exact) mass is 393 g/mol. The highest BCUT2D eigenvalue weighted by Crippen LogP contribution is 2.42. The van der Waals surface area contributed by atoms with Crippen LogP contribution < -0.4 is 14.4 Å². The molecule has 3 nitrogen and oxygen atoms in total. The lowest BCUT2D eigenvalue weighted by Gasteiger charge is -2.26. The molecule has 0 unspecified atom stereocenters. The third kappa shape index (κ3) is 3.18. The fourth-order valence-electron chi connectivity index (χ4n) is 4.16. The number of hydrogen-bond donors (Lipinski definition) is 0. The van der Waals surface area contributed by atoms with Gasteiger partial charge in [0.2, 0.25) is 0 Å². The molecule has 0 heterocycles. The largest absolute Gasteiger partial charge is 0.497 e. The third-order valence-electron chi connectivity index (χ3n) is 5.70. The van der Waals surface area contributed by atoms with E-state index in [1.807, 2.05) is 24.3 Å². The van der Waals surface area contributed by atoms with Crippen LogP contribution in [0.25, 0.3) is 11.1 Å². The highest BCUT2D eigenvalue weighted by atomic mass is 16.5. The third-order valence-corrected chi connectivity index (χ3v) is 5.70. The van der Waals surface area contributed by atoms with E-state index in [0.29, 0.717) is 0 Å². The van der Waals surface area contributed by atoms with Crippen LogP contribution in [0.2, 0.25) is 0 Å². The summed E-state index contributed by atoms with van der Waals surface area (Å²) < 4.78 is 10.7. The van der Waals surface area contributed by atoms with E-state index < -0.39 is 0 Å². The second-order valence-electron chi connectivity index (χ2n) is 7.41. The summed E-state index contributed by atoms with van der Waals surface area (Å²) in [7, 11) is 3.38. The Morgan fingerprint density at radius 1 is 0.567 bits per heavy atom. The van der Waals surface area contributed by atoms with Gasteiger partial charge in [0.1, 0.15) is 11.5 Å². The Balaban J connectivity index is 1.63. The van der Waals surface area contributed by atoms with Gasteiger partial charge in [-0.15, -0.1) is 0 Å². The van der Waals surface area contributed by atoms with Crippen LogP contribution in [0.15, 0.2) is 91.0 Å². The van der Waals surface area contributed by atoms with Gasteiger partial charge in [-0.25, -0.2) is 0 Å². The Kier molecular flexibility index (Phi) is 4.64. The summed E-state index contributed by atoms with van der Waals surface area (Å²) in [5.41, 5.74) is 8.70. The van der Waals surface area contributed by atoms with Gasteiger partial charge in [-0.2, -0.15) is 0 Å². The molecule has 148 valence electrons. The highest BCUT2D eigenvalue weighted by molar-refractivity contribution is 5.84. The number of benzene rings is 4. The van der Waals surface area contributed by atoms with E-state index in [2.05, 4.69) is 71.6 Å². The van der Waals surface area contributed by atoms with Crippen molar-refractivity contribution in [3.63, 3.8) is 0 Å². The molecule has 0 amide bonds. The van der Waals surface area contributed by atoms with Crippen molar-refractivity contribution in [2.75, 3.05) is 19.1 Å². The van der Waals surface area contributed by atoms with Gasteiger partial charge >= 0.3 is 0 Å². The lowest BCUT2D eigenvalue weighted by Crippen LogP contribution is -2.10. The van der Waals surface area contributed by atoms with Crippen LogP contribution >= 0.6 is 0 Å². The van der Waals surface area contributed by atoms with E-state index in [1.54, 1.807) is 14.2 Å². The molecule has 4 aromatic rings. The number of nitrogens with zero attached hydrogens (tertiary/aromatic N) is 1. The standard InChI is InChI=1S/C27H23NO2/c1-29-24-13-9-21(10-14-24)28(22-11-15-25(30-2)16-12-22)23-8-7-20-17-19-5-3-4-6-26(19)27(20)18-23/h3-16,18H,17H2,1-2H3. The van der Waals surface area contributed by atoms with E-state index in [0.717, 1.165) is 35.0 Å². The summed E-state index contributed by atoms with van der Waals surface area (Å²) >= 11 is 0. The summed E-state index contributed by atoms with van der Waals surface area (Å²) in [6, 6.07) is 31.8. The maximum Gasteiger partial charge on any atom is 0.119 e. The van der Waals surface area contributed by atoms with Crippen molar-refractivity contribution in [3.05, 3.63) is 102 Å². The number of rotatable bonds is 5. The minimum Gasteiger partial charge on any atom is -0.497 e. The SMILES string of the molecule is COc1ccc(N(c2ccc(OC)cc2)c2ccc3c(c2)-c2ccccc2C3)cc1. The second-order valence-corrected chi connectivity index (χ2v) is 7.41. The van der Waals surface area contributed by atoms with Gasteiger partial charge in [-0.1, -0.05) is 30.3 Å². The van der Waals surface area contributed by atoms with Crippen LogP contribution in [0, 0.1) is 0 Å². The minimum absolute atomic E-state index is 0.844. The lowest BCUT2D eigenvalue weighted by molar-refractivity contribution is 0.415. The van der Waals surface area contributed by atoms with E-state index >= 15 is 0 Å². The van der Waals surface area contributed by atoms with Gasteiger partial charge in [0.05, 0.1) is 14.2 Å². The average Bonchev–Trinajstić information content (AvgIpc) is 3.18. The van der Waals surface area contributed by atoms with Crippen molar-refractivity contribution in [2.45, 2.75) is 6.42 Å². The van der Waals surface area contributed by atoms with Gasteiger partial charge in [-0.3, -0.25) is 0 Å². The summed E-state index contributed by atoms with van der Waals surface area (Å²) in [5, 5.41) is 0. The molecule has 4 aromatic carbocycles. The van der Waals surface area contributed by atoms with Crippen molar-refractivity contribution in [2.24, 2.45) is 0 Å². The molecular weight excluding hydrogens is 370 g/mol. The zero-order valence-corrected chi connectivity index (χ0v) is 17.1. The first kappa shape index (κ1) is 18.3. The van der Waals surface area contributed by atoms with E-state index in [-0.39, 0.29) is 0 Å². The van der Waals surface area contributed by atoms with Crippen LogP contribution in [0.5, 0.6) is 11.5 Å². The molecule has 0 radical (unpaired) electrons. The number of fused-ring (bicyclic) bond motifs is 3. The summed E-state index contributed by atoms with van der Waals surface area (Å²) in [6.07, 6.45) is 0.997. The molecule has 1 aliphatic carbocycles. The van der Waals surface area contributed by atoms with Gasteiger partial charge in [0.15, 0.2) is 0 Å². The quantitative estimate of drug-likeness (QED) is 0.330. The van der Waals surface area contributed by atoms with Crippen LogP contribution in [0.1, 0.15) is 11.1 Å². The zero-order valence-electron chi connectivity index (χ0n) is 17.1. The Hall–Kier alpha value is -3.72. The van der Waals surface area contributed by atoms with E-state index in [4.69, 9.17) is 9.47 Å². The predicted octanol–water partition coefficient (Wildman–Crippen LogP) is 6.74. The molecule has 0 aliphatic heterocycles. The Morgan fingerprint density at radius 3 is 1.70 bits per heavy atom. The highest BCUT2D eigenvalue weighted by Gasteiger charge is 2.20. The van der Waals surface area contributed by atoms with Crippen LogP contribution in [0.3, 0.4) is 0 Å². The van der Waals surface area contributed by atoms with Crippen molar-refractivity contribution < 1.29 is 9.47 Å². The molecule has 3 heteroatoms. The van der Waals surface area contributed by atoms with Crippen molar-refractivity contribution in [3.8, 4) is 22.6 Å². The van der Waals surface area contributed by atoms with Crippen LogP contribution in [0.4, 0.5) is 17.1 Å². The number of methoxy groups -OCH3 is 2. The normalized spacial score (nSPS) is 11.5. The summed E-state index contributed by atoms with van der Waals surface area (Å²) in [6.45, 7) is 0. The number of ether oxygens (including phenoxy) is 2. The maximum atomic E-state index is 5.36. The average molecular weight is 393 g/mol. The van der Waals surface area contributed by atoms with Crippen molar-refractivity contribution >= 4 is 17.1 Å². The Labute approximate surface area is 177 Å². The van der Waals surface area contributed by atoms with Gasteiger partial charge in [0.25, 0.3) is 0 Å². The Morgan fingerprint density at radius 2 is 1.10 bits per heavy atom. The van der Waals surface area contributed by atoms with Gasteiger partial charge in [0, 0.05) is 17.1 Å². The number of anilines is 3. The smallest absolute Gasteiger partial charge is 0.119 e. The van der Waals surface area contributed by atoms with Crippen molar-refractivity contribution in [1.82, 2.24) is 0 Å². The van der Waals surface area contributed by atoms with E-state index in [1.165, 1.54) is 22.3 Å². The predicted molar refractivity (Wildman–Crippen MR) is 122 cm³/mol. The molecule has 0 saturated heterocycles. The topological polar surface area (TPSA) is 21.7 Å². The maximum absolute atomic E-state index is 5.36. The Bertz CT molecular complexity index is 1130. The molecule has 0 atom stereocenters. The molecule has 0 aromatic heterocycles. The summed E-state index contributed by atoms with van der Waals surface area (Å²) in [4.78, 5) is 2.26. The summed E-state index contributed by atoms with van der Waals surface area (Å²) in [5.74, 6) is 1.69. The lowest BCUT2D eigenvalue weighted by atomic mass is 10.0. The first-order valence-electron chi connectivity index (χ1n) is 10.1. The van der Waals surface area contributed by atoms with Crippen molar-refractivity contribution in [1.29, 1.82) is 0 Å². The molecule has 5 rings (SSSR count). The first-order valence-corrected chi connectivity index (χ1v) is 10.1. The second kappa shape index (κ2) is 7.60. The fraction of sp³-hybridized carbons (Fsp3) is 0.111. The molecule has 0 N–H and O–H groups in total. The number of hydrogen-bond acceptors (Lipinski definition) is 3. The van der Waals surface area contributed by atoms with Gasteiger partial charge in [-0.05, 0) is 89.3 Å². The minimum atomic E-state index is 0.844. The van der Waals surface area contributed by atoms with Gasteiger partial charge < -0.3 is 14.4 Å². The first-order chi connectivity index (χ1) is 14.8. The molecule has 0 spiro atoms. The molecule has 0 bridgehead atoms. The molecule has 0 saturated carbocycles. The molecular formula is C27H23NO2.